The quantitative estimate of drug-likeness (QED) is 0.767. The van der Waals surface area contributed by atoms with Crippen LogP contribution in [-0.2, 0) is 11.2 Å². The van der Waals surface area contributed by atoms with Crippen LogP contribution in [0.3, 0.4) is 0 Å². The van der Waals surface area contributed by atoms with Crippen LogP contribution in [0.4, 0.5) is 0 Å². The zero-order valence-corrected chi connectivity index (χ0v) is 9.96. The Morgan fingerprint density at radius 2 is 2.39 bits per heavy atom. The standard InChI is InChI=1S/C12H14N2O4/c1-7-2-3-8(6-15)11-13-5-9(4-10(16)17)12(18)14(7)11/h5-7,15H,2-4H2,1H3,(H,16,17)/b8-6-. The second-order valence-electron chi connectivity index (χ2n) is 4.39. The number of carboxylic acids is 1. The highest BCUT2D eigenvalue weighted by molar-refractivity contribution is 5.70. The van der Waals surface area contributed by atoms with Gasteiger partial charge in [-0.05, 0) is 19.8 Å². The van der Waals surface area contributed by atoms with Gasteiger partial charge in [-0.25, -0.2) is 4.98 Å². The molecule has 1 aromatic heterocycles. The van der Waals surface area contributed by atoms with Crippen LogP contribution in [0, 0.1) is 0 Å². The van der Waals surface area contributed by atoms with Crippen molar-refractivity contribution < 1.29 is 15.0 Å². The summed E-state index contributed by atoms with van der Waals surface area (Å²) in [5.41, 5.74) is 0.429. The maximum Gasteiger partial charge on any atom is 0.308 e. The number of carboxylic acid groups (broad SMARTS) is 1. The minimum Gasteiger partial charge on any atom is -0.515 e. The minimum atomic E-state index is -1.06. The molecule has 1 atom stereocenters. The molecule has 0 bridgehead atoms. The molecule has 0 aromatic carbocycles. The molecule has 2 heterocycles. The summed E-state index contributed by atoms with van der Waals surface area (Å²) in [6, 6.07) is -0.0440. The molecule has 0 aliphatic carbocycles. The molecule has 0 amide bonds. The van der Waals surface area contributed by atoms with E-state index in [0.717, 1.165) is 12.7 Å². The molecule has 2 N–H and O–H groups in total. The fourth-order valence-electron chi connectivity index (χ4n) is 2.17. The minimum absolute atomic E-state index is 0.0440. The Hall–Kier alpha value is -2.11. The lowest BCUT2D eigenvalue weighted by molar-refractivity contribution is -0.136. The van der Waals surface area contributed by atoms with Crippen LogP contribution < -0.4 is 5.56 Å². The van der Waals surface area contributed by atoms with E-state index in [2.05, 4.69) is 4.98 Å². The van der Waals surface area contributed by atoms with E-state index in [4.69, 9.17) is 10.2 Å². The van der Waals surface area contributed by atoms with E-state index in [1.54, 1.807) is 0 Å². The molecule has 2 rings (SSSR count). The Kier molecular flexibility index (Phi) is 3.18. The molecule has 6 nitrogen and oxygen atoms in total. The largest absolute Gasteiger partial charge is 0.515 e. The van der Waals surface area contributed by atoms with E-state index in [9.17, 15) is 9.59 Å². The van der Waals surface area contributed by atoms with E-state index in [0.29, 0.717) is 17.8 Å². The molecule has 1 aromatic rings. The molecule has 96 valence electrons. The molecule has 6 heteroatoms. The lowest BCUT2D eigenvalue weighted by Gasteiger charge is -2.25. The number of carbonyl (C=O) groups is 1. The number of hydrogen-bond donors (Lipinski definition) is 2. The highest BCUT2D eigenvalue weighted by atomic mass is 16.4. The number of nitrogens with zero attached hydrogens (tertiary/aromatic N) is 2. The maximum atomic E-state index is 12.2. The molecular weight excluding hydrogens is 236 g/mol. The molecule has 0 radical (unpaired) electrons. The van der Waals surface area contributed by atoms with Crippen LogP contribution >= 0.6 is 0 Å². The van der Waals surface area contributed by atoms with Crippen molar-refractivity contribution in [3.05, 3.63) is 34.2 Å². The summed E-state index contributed by atoms with van der Waals surface area (Å²) in [6.07, 6.45) is 3.28. The Morgan fingerprint density at radius 3 is 3.00 bits per heavy atom. The van der Waals surface area contributed by atoms with Gasteiger partial charge in [0.2, 0.25) is 0 Å². The molecule has 1 aliphatic heterocycles. The van der Waals surface area contributed by atoms with Crippen LogP contribution in [-0.4, -0.2) is 25.7 Å². The van der Waals surface area contributed by atoms with Crippen molar-refractivity contribution in [2.45, 2.75) is 32.2 Å². The van der Waals surface area contributed by atoms with E-state index in [-0.39, 0.29) is 23.6 Å². The molecule has 18 heavy (non-hydrogen) atoms. The van der Waals surface area contributed by atoms with Crippen LogP contribution in [0.5, 0.6) is 0 Å². The van der Waals surface area contributed by atoms with Crippen molar-refractivity contribution in [3.63, 3.8) is 0 Å². The van der Waals surface area contributed by atoms with Gasteiger partial charge < -0.3 is 10.2 Å². The van der Waals surface area contributed by atoms with Gasteiger partial charge in [-0.1, -0.05) is 0 Å². The number of aliphatic carboxylic acids is 1. The smallest absolute Gasteiger partial charge is 0.308 e. The van der Waals surface area contributed by atoms with Gasteiger partial charge in [0, 0.05) is 23.4 Å². The lowest BCUT2D eigenvalue weighted by atomic mass is 10.0. The third-order valence-corrected chi connectivity index (χ3v) is 3.12. The third-order valence-electron chi connectivity index (χ3n) is 3.12. The van der Waals surface area contributed by atoms with Crippen molar-refractivity contribution in [2.75, 3.05) is 0 Å². The molecule has 0 spiro atoms. The first kappa shape index (κ1) is 12.3. The number of aliphatic hydroxyl groups is 1. The fraction of sp³-hybridized carbons (Fsp3) is 0.417. The van der Waals surface area contributed by atoms with Crippen LogP contribution in [0.1, 0.15) is 37.2 Å². The van der Waals surface area contributed by atoms with E-state index in [1.165, 1.54) is 10.8 Å². The van der Waals surface area contributed by atoms with Gasteiger partial charge in [-0.3, -0.25) is 14.2 Å². The van der Waals surface area contributed by atoms with E-state index in [1.807, 2.05) is 6.92 Å². The van der Waals surface area contributed by atoms with Crippen molar-refractivity contribution >= 4 is 11.5 Å². The van der Waals surface area contributed by atoms with Gasteiger partial charge in [0.1, 0.15) is 5.82 Å². The Labute approximate surface area is 103 Å². The van der Waals surface area contributed by atoms with Crippen molar-refractivity contribution in [1.29, 1.82) is 0 Å². The summed E-state index contributed by atoms with van der Waals surface area (Å²) in [4.78, 5) is 26.9. The van der Waals surface area contributed by atoms with Gasteiger partial charge in [-0.2, -0.15) is 0 Å². The summed E-state index contributed by atoms with van der Waals surface area (Å²) in [5, 5.41) is 17.9. The SMILES string of the molecule is CC1CC/C(=C/O)c2ncc(CC(=O)O)c(=O)n21. The topological polar surface area (TPSA) is 92.4 Å². The summed E-state index contributed by atoms with van der Waals surface area (Å²) in [5.74, 6) is -0.633. The first-order valence-corrected chi connectivity index (χ1v) is 5.70. The lowest BCUT2D eigenvalue weighted by Crippen LogP contribution is -2.33. The van der Waals surface area contributed by atoms with Crippen LogP contribution in [0.15, 0.2) is 17.3 Å². The van der Waals surface area contributed by atoms with Crippen LogP contribution in [0.25, 0.3) is 5.57 Å². The van der Waals surface area contributed by atoms with Gasteiger partial charge >= 0.3 is 5.97 Å². The molecule has 1 aliphatic rings. The van der Waals surface area contributed by atoms with Crippen molar-refractivity contribution in [2.24, 2.45) is 0 Å². The number of aliphatic hydroxyl groups excluding tert-OH is 1. The van der Waals surface area contributed by atoms with Crippen LogP contribution in [0.2, 0.25) is 0 Å². The summed E-state index contributed by atoms with van der Waals surface area (Å²) in [7, 11) is 0. The van der Waals surface area contributed by atoms with Gasteiger partial charge in [0.05, 0.1) is 12.7 Å². The maximum absolute atomic E-state index is 12.2. The third kappa shape index (κ3) is 2.01. The number of aromatic nitrogens is 2. The zero-order chi connectivity index (χ0) is 13.3. The van der Waals surface area contributed by atoms with Crippen molar-refractivity contribution in [1.82, 2.24) is 9.55 Å². The van der Waals surface area contributed by atoms with Gasteiger partial charge in [-0.15, -0.1) is 0 Å². The molecule has 1 unspecified atom stereocenters. The molecular formula is C12H14N2O4. The Bertz CT molecular complexity index is 574. The average molecular weight is 250 g/mol. The molecule has 0 saturated heterocycles. The predicted molar refractivity (Wildman–Crippen MR) is 64.4 cm³/mol. The van der Waals surface area contributed by atoms with Gasteiger partial charge in [0.15, 0.2) is 0 Å². The highest BCUT2D eigenvalue weighted by Gasteiger charge is 2.24. The predicted octanol–water partition coefficient (Wildman–Crippen LogP) is 1.12. The fourth-order valence-corrected chi connectivity index (χ4v) is 2.17. The second-order valence-corrected chi connectivity index (χ2v) is 4.39. The Balaban J connectivity index is 2.59. The van der Waals surface area contributed by atoms with Gasteiger partial charge in [0.25, 0.3) is 5.56 Å². The monoisotopic (exact) mass is 250 g/mol. The number of rotatable bonds is 2. The summed E-state index contributed by atoms with van der Waals surface area (Å²) < 4.78 is 1.46. The Morgan fingerprint density at radius 1 is 1.67 bits per heavy atom. The highest BCUT2D eigenvalue weighted by Crippen LogP contribution is 2.29. The molecule has 0 fully saturated rings. The first-order chi connectivity index (χ1) is 8.54. The average Bonchev–Trinajstić information content (AvgIpc) is 2.32. The van der Waals surface area contributed by atoms with Crippen molar-refractivity contribution in [3.8, 4) is 0 Å². The summed E-state index contributed by atoms with van der Waals surface area (Å²) in [6.45, 7) is 1.88. The number of allylic oxidation sites excluding steroid dienone is 1. The van der Waals surface area contributed by atoms with E-state index >= 15 is 0 Å². The molecule has 0 saturated carbocycles. The second kappa shape index (κ2) is 4.64. The zero-order valence-electron chi connectivity index (χ0n) is 9.96. The normalized spacial score (nSPS) is 20.7. The van der Waals surface area contributed by atoms with E-state index < -0.39 is 5.97 Å². The number of hydrogen-bond acceptors (Lipinski definition) is 4. The first-order valence-electron chi connectivity index (χ1n) is 5.70. The summed E-state index contributed by atoms with van der Waals surface area (Å²) >= 11 is 0. The number of fused-ring (bicyclic) bond motifs is 1.